The second kappa shape index (κ2) is 5.49. The average molecular weight is 331 g/mol. The van der Waals surface area contributed by atoms with Crippen molar-refractivity contribution in [1.29, 1.82) is 0 Å². The van der Waals surface area contributed by atoms with Gasteiger partial charge in [0, 0.05) is 24.7 Å². The smallest absolute Gasteiger partial charge is 0.328 e. The zero-order chi connectivity index (χ0) is 16.0. The maximum atomic E-state index is 12.2. The molecular weight excluding hydrogens is 314 g/mol. The first-order chi connectivity index (χ1) is 11.1. The second-order valence-electron chi connectivity index (χ2n) is 6.28. The molecule has 2 saturated carbocycles. The van der Waals surface area contributed by atoms with Gasteiger partial charge in [0.25, 0.3) is 5.56 Å². The van der Waals surface area contributed by atoms with Gasteiger partial charge in [-0.15, -0.1) is 0 Å². The van der Waals surface area contributed by atoms with E-state index in [1.54, 1.807) is 22.1 Å². The van der Waals surface area contributed by atoms with Crippen molar-refractivity contribution in [3.05, 3.63) is 55.0 Å². The summed E-state index contributed by atoms with van der Waals surface area (Å²) in [6.07, 6.45) is 4.37. The highest BCUT2D eigenvalue weighted by atomic mass is 32.1. The molecule has 2 atom stereocenters. The fourth-order valence-electron chi connectivity index (χ4n) is 2.93. The molecule has 7 heteroatoms. The number of H-pyrrole nitrogens is 1. The number of thiophene rings is 1. The first-order valence-electron chi connectivity index (χ1n) is 7.77. The van der Waals surface area contributed by atoms with Gasteiger partial charge in [0.1, 0.15) is 0 Å². The van der Waals surface area contributed by atoms with Crippen LogP contribution in [0.4, 0.5) is 0 Å². The molecular formula is C16H17N3O3S. The van der Waals surface area contributed by atoms with Crippen molar-refractivity contribution in [2.45, 2.75) is 37.8 Å². The molecule has 0 saturated heterocycles. The average Bonchev–Trinajstić information content (AvgIpc) is 3.45. The molecule has 0 unspecified atom stereocenters. The monoisotopic (exact) mass is 331 g/mol. The standard InChI is InChI=1S/C16H17N3O3S/c20-14-10(7-19(11-1-2-11)16(22)18-14)6-17-15(21)13-5-12(13)9-3-4-23-8-9/h3-4,7-8,11-13H,1-2,5-6H2,(H,17,21)(H,18,20,22)/t12-,13+/m0/s1. The summed E-state index contributed by atoms with van der Waals surface area (Å²) in [6.45, 7) is 0.161. The number of aromatic nitrogens is 2. The van der Waals surface area contributed by atoms with Crippen molar-refractivity contribution in [1.82, 2.24) is 14.9 Å². The van der Waals surface area contributed by atoms with Crippen LogP contribution < -0.4 is 16.6 Å². The number of hydrogen-bond acceptors (Lipinski definition) is 4. The Balaban J connectivity index is 1.41. The number of rotatable bonds is 5. The third-order valence-corrected chi connectivity index (χ3v) is 5.23. The quantitative estimate of drug-likeness (QED) is 0.867. The Bertz CT molecular complexity index is 848. The van der Waals surface area contributed by atoms with Crippen LogP contribution in [0.15, 0.2) is 32.6 Å². The fraction of sp³-hybridized carbons (Fsp3) is 0.438. The van der Waals surface area contributed by atoms with Gasteiger partial charge in [-0.3, -0.25) is 19.1 Å². The first-order valence-corrected chi connectivity index (χ1v) is 8.72. The zero-order valence-corrected chi connectivity index (χ0v) is 13.3. The van der Waals surface area contributed by atoms with E-state index in [1.807, 2.05) is 5.38 Å². The summed E-state index contributed by atoms with van der Waals surface area (Å²) >= 11 is 1.64. The number of aromatic amines is 1. The van der Waals surface area contributed by atoms with E-state index in [-0.39, 0.29) is 30.1 Å². The third kappa shape index (κ3) is 2.88. The Morgan fingerprint density at radius 3 is 2.91 bits per heavy atom. The summed E-state index contributed by atoms with van der Waals surface area (Å²) in [5.74, 6) is 0.280. The first kappa shape index (κ1) is 14.4. The van der Waals surface area contributed by atoms with Crippen molar-refractivity contribution < 1.29 is 4.79 Å². The normalized spacial score (nSPS) is 22.8. The van der Waals surface area contributed by atoms with Gasteiger partial charge in [0.15, 0.2) is 0 Å². The van der Waals surface area contributed by atoms with Crippen LogP contribution in [0.5, 0.6) is 0 Å². The van der Waals surface area contributed by atoms with Crippen LogP contribution in [0.25, 0.3) is 0 Å². The van der Waals surface area contributed by atoms with Gasteiger partial charge in [-0.1, -0.05) is 0 Å². The van der Waals surface area contributed by atoms with E-state index < -0.39 is 5.56 Å². The van der Waals surface area contributed by atoms with E-state index in [2.05, 4.69) is 21.7 Å². The lowest BCUT2D eigenvalue weighted by molar-refractivity contribution is -0.122. The molecule has 0 spiro atoms. The molecule has 2 fully saturated rings. The van der Waals surface area contributed by atoms with E-state index >= 15 is 0 Å². The Hall–Kier alpha value is -2.15. The number of hydrogen-bond donors (Lipinski definition) is 2. The molecule has 0 aromatic carbocycles. The van der Waals surface area contributed by atoms with E-state index in [4.69, 9.17) is 0 Å². The molecule has 0 radical (unpaired) electrons. The summed E-state index contributed by atoms with van der Waals surface area (Å²) in [5, 5.41) is 6.92. The van der Waals surface area contributed by atoms with Gasteiger partial charge < -0.3 is 5.32 Å². The van der Waals surface area contributed by atoms with Gasteiger partial charge in [-0.2, -0.15) is 11.3 Å². The van der Waals surface area contributed by atoms with Gasteiger partial charge in [0.05, 0.1) is 5.56 Å². The minimum Gasteiger partial charge on any atom is -0.351 e. The Morgan fingerprint density at radius 1 is 1.39 bits per heavy atom. The van der Waals surface area contributed by atoms with Gasteiger partial charge in [0.2, 0.25) is 5.91 Å². The molecule has 0 aliphatic heterocycles. The summed E-state index contributed by atoms with van der Waals surface area (Å²) in [5.41, 5.74) is 0.859. The minimum atomic E-state index is -0.419. The van der Waals surface area contributed by atoms with Gasteiger partial charge in [-0.25, -0.2) is 4.79 Å². The van der Waals surface area contributed by atoms with Crippen LogP contribution in [-0.4, -0.2) is 15.5 Å². The molecule has 23 heavy (non-hydrogen) atoms. The Kier molecular flexibility index (Phi) is 3.45. The van der Waals surface area contributed by atoms with Crippen LogP contribution in [0.1, 0.15) is 42.3 Å². The van der Waals surface area contributed by atoms with Crippen molar-refractivity contribution in [3.8, 4) is 0 Å². The van der Waals surface area contributed by atoms with Crippen LogP contribution >= 0.6 is 11.3 Å². The topological polar surface area (TPSA) is 84.0 Å². The SMILES string of the molecule is O=C(NCc1cn(C2CC2)c(=O)[nH]c1=O)[C@@H]1C[C@H]1c1ccsc1. The lowest BCUT2D eigenvalue weighted by atomic mass is 10.2. The predicted octanol–water partition coefficient (Wildman–Crippen LogP) is 1.35. The Labute approximate surface area is 136 Å². The fourth-order valence-corrected chi connectivity index (χ4v) is 3.65. The molecule has 2 aliphatic rings. The summed E-state index contributed by atoms with van der Waals surface area (Å²) in [4.78, 5) is 38.1. The summed E-state index contributed by atoms with van der Waals surface area (Å²) in [6, 6.07) is 2.25. The molecule has 2 heterocycles. The molecule has 120 valence electrons. The predicted molar refractivity (Wildman–Crippen MR) is 86.6 cm³/mol. The number of carbonyl (C=O) groups excluding carboxylic acids is 1. The highest BCUT2D eigenvalue weighted by Gasteiger charge is 2.43. The lowest BCUT2D eigenvalue weighted by Crippen LogP contribution is -2.34. The largest absolute Gasteiger partial charge is 0.351 e. The summed E-state index contributed by atoms with van der Waals surface area (Å²) in [7, 11) is 0. The van der Waals surface area contributed by atoms with Gasteiger partial charge in [-0.05, 0) is 47.6 Å². The van der Waals surface area contributed by atoms with Crippen molar-refractivity contribution >= 4 is 17.2 Å². The van der Waals surface area contributed by atoms with Crippen LogP contribution in [0.3, 0.4) is 0 Å². The highest BCUT2D eigenvalue weighted by molar-refractivity contribution is 7.08. The number of nitrogens with zero attached hydrogens (tertiary/aromatic N) is 1. The number of amides is 1. The number of nitrogens with one attached hydrogen (secondary N) is 2. The number of carbonyl (C=O) groups is 1. The zero-order valence-electron chi connectivity index (χ0n) is 12.5. The molecule has 1 amide bonds. The van der Waals surface area contributed by atoms with E-state index in [1.165, 1.54) is 5.56 Å². The summed E-state index contributed by atoms with van der Waals surface area (Å²) < 4.78 is 1.56. The highest BCUT2D eigenvalue weighted by Crippen LogP contribution is 2.48. The maximum absolute atomic E-state index is 12.2. The minimum absolute atomic E-state index is 0.00183. The van der Waals surface area contributed by atoms with Gasteiger partial charge >= 0.3 is 5.69 Å². The van der Waals surface area contributed by atoms with E-state index in [9.17, 15) is 14.4 Å². The molecule has 4 rings (SSSR count). The molecule has 2 aromatic heterocycles. The molecule has 2 N–H and O–H groups in total. The molecule has 2 aromatic rings. The second-order valence-corrected chi connectivity index (χ2v) is 7.06. The molecule has 6 nitrogen and oxygen atoms in total. The third-order valence-electron chi connectivity index (χ3n) is 4.53. The van der Waals surface area contributed by atoms with E-state index in [0.29, 0.717) is 11.5 Å². The van der Waals surface area contributed by atoms with Crippen LogP contribution in [0, 0.1) is 5.92 Å². The van der Waals surface area contributed by atoms with E-state index in [0.717, 1.165) is 19.3 Å². The molecule has 2 aliphatic carbocycles. The maximum Gasteiger partial charge on any atom is 0.328 e. The molecule has 0 bridgehead atoms. The van der Waals surface area contributed by atoms with Crippen LogP contribution in [0.2, 0.25) is 0 Å². The Morgan fingerprint density at radius 2 is 2.22 bits per heavy atom. The lowest BCUT2D eigenvalue weighted by Gasteiger charge is -2.07. The van der Waals surface area contributed by atoms with Crippen molar-refractivity contribution in [2.24, 2.45) is 5.92 Å². The van der Waals surface area contributed by atoms with Crippen molar-refractivity contribution in [2.75, 3.05) is 0 Å². The van der Waals surface area contributed by atoms with Crippen molar-refractivity contribution in [3.63, 3.8) is 0 Å². The van der Waals surface area contributed by atoms with Crippen LogP contribution in [-0.2, 0) is 11.3 Å².